The summed E-state index contributed by atoms with van der Waals surface area (Å²) in [5.74, 6) is -0.556. The molecular formula is C13H17N3O3S. The maximum Gasteiger partial charge on any atom is 0.253 e. The highest BCUT2D eigenvalue weighted by Gasteiger charge is 2.36. The first kappa shape index (κ1) is 13.4. The summed E-state index contributed by atoms with van der Waals surface area (Å²) in [6.07, 6.45) is 2.00. The Hall–Kier alpha value is -1.60. The van der Waals surface area contributed by atoms with E-state index in [9.17, 15) is 14.7 Å². The average Bonchev–Trinajstić information content (AvgIpc) is 3.06. The summed E-state index contributed by atoms with van der Waals surface area (Å²) < 4.78 is 0. The lowest BCUT2D eigenvalue weighted by atomic mass is 10.1. The Balaban J connectivity index is 2.01. The van der Waals surface area contributed by atoms with Gasteiger partial charge in [-0.25, -0.2) is 0 Å². The monoisotopic (exact) mass is 295 g/mol. The quantitative estimate of drug-likeness (QED) is 0.704. The number of nitrogen functional groups attached to an aromatic ring is 1. The molecule has 1 atom stereocenters. The zero-order valence-electron chi connectivity index (χ0n) is 11.0. The average molecular weight is 295 g/mol. The minimum Gasteiger partial charge on any atom is -0.397 e. The van der Waals surface area contributed by atoms with Crippen LogP contribution < -0.4 is 16.4 Å². The van der Waals surface area contributed by atoms with Gasteiger partial charge in [-0.1, -0.05) is 0 Å². The number of aliphatic hydroxyl groups is 1. The zero-order chi connectivity index (χ0) is 14.4. The van der Waals surface area contributed by atoms with Crippen molar-refractivity contribution in [1.82, 2.24) is 0 Å². The van der Waals surface area contributed by atoms with Crippen molar-refractivity contribution >= 4 is 33.7 Å². The van der Waals surface area contributed by atoms with Crippen LogP contribution in [0.25, 0.3) is 0 Å². The molecule has 20 heavy (non-hydrogen) atoms. The third kappa shape index (κ3) is 2.16. The van der Waals surface area contributed by atoms with Gasteiger partial charge in [0.15, 0.2) is 5.78 Å². The van der Waals surface area contributed by atoms with E-state index in [1.165, 1.54) is 11.3 Å². The standard InChI is InChI=1S/C13H17N3O3S/c14-9-8(12(15)19)13(16-4-3-7(17)5-16)20-11(9)10(18)6-1-2-6/h6-7,17H,1-5,14H2,(H2,15,19). The van der Waals surface area contributed by atoms with Gasteiger partial charge in [0.25, 0.3) is 5.91 Å². The Bertz CT molecular complexity index is 580. The second-order valence-corrected chi connectivity index (χ2v) is 6.42. The van der Waals surface area contributed by atoms with Crippen LogP contribution in [0.1, 0.15) is 39.3 Å². The summed E-state index contributed by atoms with van der Waals surface area (Å²) in [7, 11) is 0. The normalized spacial score (nSPS) is 22.2. The van der Waals surface area contributed by atoms with Gasteiger partial charge in [-0.05, 0) is 19.3 Å². The van der Waals surface area contributed by atoms with Crippen LogP contribution in [0.2, 0.25) is 0 Å². The van der Waals surface area contributed by atoms with Crippen LogP contribution in [-0.2, 0) is 0 Å². The fraction of sp³-hybridized carbons (Fsp3) is 0.538. The van der Waals surface area contributed by atoms with E-state index in [2.05, 4.69) is 0 Å². The number of nitrogens with zero attached hydrogens (tertiary/aromatic N) is 1. The van der Waals surface area contributed by atoms with Gasteiger partial charge < -0.3 is 21.5 Å². The molecular weight excluding hydrogens is 278 g/mol. The van der Waals surface area contributed by atoms with Gasteiger partial charge in [-0.2, -0.15) is 0 Å². The van der Waals surface area contributed by atoms with Crippen LogP contribution >= 0.6 is 11.3 Å². The van der Waals surface area contributed by atoms with Crippen molar-refractivity contribution in [2.45, 2.75) is 25.4 Å². The lowest BCUT2D eigenvalue weighted by molar-refractivity contribution is 0.0972. The van der Waals surface area contributed by atoms with Gasteiger partial charge in [0.05, 0.1) is 22.2 Å². The Morgan fingerprint density at radius 1 is 1.30 bits per heavy atom. The molecule has 108 valence electrons. The van der Waals surface area contributed by atoms with Crippen LogP contribution in [0.4, 0.5) is 10.7 Å². The number of hydrogen-bond donors (Lipinski definition) is 3. The third-order valence-electron chi connectivity index (χ3n) is 3.80. The molecule has 1 aliphatic heterocycles. The Morgan fingerprint density at radius 2 is 2.00 bits per heavy atom. The van der Waals surface area contributed by atoms with Crippen molar-refractivity contribution in [3.8, 4) is 0 Å². The number of carbonyl (C=O) groups excluding carboxylic acids is 2. The number of Topliss-reactive ketones (excluding diaryl/α,β-unsaturated/α-hetero) is 1. The van der Waals surface area contributed by atoms with E-state index < -0.39 is 12.0 Å². The highest BCUT2D eigenvalue weighted by Crippen LogP contribution is 2.43. The molecule has 6 nitrogen and oxygen atoms in total. The first-order valence-corrected chi connectivity index (χ1v) is 7.50. The number of anilines is 2. The molecule has 1 aromatic heterocycles. The Labute approximate surface area is 120 Å². The first-order valence-electron chi connectivity index (χ1n) is 6.68. The number of ketones is 1. The predicted octanol–water partition coefficient (Wildman–Crippen LogP) is 0.593. The Morgan fingerprint density at radius 3 is 2.50 bits per heavy atom. The second-order valence-electron chi connectivity index (χ2n) is 5.42. The summed E-state index contributed by atoms with van der Waals surface area (Å²) in [6, 6.07) is 0. The molecule has 5 N–H and O–H groups in total. The number of carbonyl (C=O) groups is 2. The summed E-state index contributed by atoms with van der Waals surface area (Å²) in [6.45, 7) is 1.08. The van der Waals surface area contributed by atoms with Gasteiger partial charge in [-0.3, -0.25) is 9.59 Å². The molecule has 2 fully saturated rings. The van der Waals surface area contributed by atoms with Crippen LogP contribution in [0.3, 0.4) is 0 Å². The van der Waals surface area contributed by atoms with Crippen molar-refractivity contribution < 1.29 is 14.7 Å². The van der Waals surface area contributed by atoms with Crippen molar-refractivity contribution in [3.63, 3.8) is 0 Å². The highest BCUT2D eigenvalue weighted by atomic mass is 32.1. The second kappa shape index (κ2) is 4.75. The number of β-amino-alcohol motifs (C(OH)–C–C–N with tert-alkyl or cyclic N) is 1. The van der Waals surface area contributed by atoms with E-state index in [1.54, 1.807) is 0 Å². The molecule has 1 amide bonds. The van der Waals surface area contributed by atoms with E-state index in [1.807, 2.05) is 4.90 Å². The molecule has 2 heterocycles. The predicted molar refractivity (Wildman–Crippen MR) is 77.1 cm³/mol. The molecule has 0 bridgehead atoms. The largest absolute Gasteiger partial charge is 0.397 e. The minimum absolute atomic E-state index is 0.0148. The maximum atomic E-state index is 12.2. The summed E-state index contributed by atoms with van der Waals surface area (Å²) >= 11 is 1.23. The first-order chi connectivity index (χ1) is 9.49. The molecule has 1 saturated carbocycles. The molecule has 1 aliphatic carbocycles. The van der Waals surface area contributed by atoms with Gasteiger partial charge in [0, 0.05) is 19.0 Å². The number of aliphatic hydroxyl groups excluding tert-OH is 1. The number of nitrogens with two attached hydrogens (primary N) is 2. The fourth-order valence-electron chi connectivity index (χ4n) is 2.53. The molecule has 1 saturated heterocycles. The number of amides is 1. The van der Waals surface area contributed by atoms with E-state index in [0.717, 1.165) is 12.8 Å². The summed E-state index contributed by atoms with van der Waals surface area (Å²) in [4.78, 5) is 26.2. The number of rotatable bonds is 4. The lowest BCUT2D eigenvalue weighted by Gasteiger charge is -2.16. The van der Waals surface area contributed by atoms with Crippen molar-refractivity contribution in [1.29, 1.82) is 0 Å². The van der Waals surface area contributed by atoms with Gasteiger partial charge >= 0.3 is 0 Å². The molecule has 0 aromatic carbocycles. The minimum atomic E-state index is -0.620. The van der Waals surface area contributed by atoms with Gasteiger partial charge in [0.1, 0.15) is 5.00 Å². The third-order valence-corrected chi connectivity index (χ3v) is 5.08. The number of thiophene rings is 1. The number of primary amides is 1. The van der Waals surface area contributed by atoms with Crippen LogP contribution in [0, 0.1) is 5.92 Å². The smallest absolute Gasteiger partial charge is 0.253 e. The zero-order valence-corrected chi connectivity index (χ0v) is 11.8. The lowest BCUT2D eigenvalue weighted by Crippen LogP contribution is -2.24. The fourth-order valence-corrected chi connectivity index (χ4v) is 3.81. The van der Waals surface area contributed by atoms with Crippen LogP contribution in [0.15, 0.2) is 0 Å². The van der Waals surface area contributed by atoms with E-state index in [0.29, 0.717) is 29.4 Å². The van der Waals surface area contributed by atoms with E-state index in [-0.39, 0.29) is 23.0 Å². The van der Waals surface area contributed by atoms with E-state index >= 15 is 0 Å². The molecule has 1 unspecified atom stereocenters. The molecule has 0 radical (unpaired) electrons. The Kier molecular flexibility index (Phi) is 3.18. The van der Waals surface area contributed by atoms with Crippen LogP contribution in [-0.4, -0.2) is 36.0 Å². The summed E-state index contributed by atoms with van der Waals surface area (Å²) in [5.41, 5.74) is 11.8. The molecule has 2 aliphatic rings. The van der Waals surface area contributed by atoms with Gasteiger partial charge in [0.2, 0.25) is 0 Å². The molecule has 7 heteroatoms. The SMILES string of the molecule is NC(=O)c1c(N2CCC(O)C2)sc(C(=O)C2CC2)c1N. The molecule has 3 rings (SSSR count). The maximum absolute atomic E-state index is 12.2. The highest BCUT2D eigenvalue weighted by molar-refractivity contribution is 7.19. The molecule has 1 aromatic rings. The van der Waals surface area contributed by atoms with Crippen LogP contribution in [0.5, 0.6) is 0 Å². The van der Waals surface area contributed by atoms with Crippen molar-refractivity contribution in [2.24, 2.45) is 11.7 Å². The van der Waals surface area contributed by atoms with Crippen molar-refractivity contribution in [2.75, 3.05) is 23.7 Å². The molecule has 0 spiro atoms. The van der Waals surface area contributed by atoms with Gasteiger partial charge in [-0.15, -0.1) is 11.3 Å². The van der Waals surface area contributed by atoms with Crippen molar-refractivity contribution in [3.05, 3.63) is 10.4 Å². The summed E-state index contributed by atoms with van der Waals surface area (Å²) in [5, 5.41) is 10.2. The van der Waals surface area contributed by atoms with E-state index in [4.69, 9.17) is 11.5 Å². The topological polar surface area (TPSA) is 110 Å². The number of hydrogen-bond acceptors (Lipinski definition) is 6.